The van der Waals surface area contributed by atoms with E-state index in [1.807, 2.05) is 26.8 Å². The highest BCUT2D eigenvalue weighted by Gasteiger charge is 2.13. The van der Waals surface area contributed by atoms with Gasteiger partial charge >= 0.3 is 5.97 Å². The smallest absolute Gasteiger partial charge is 0.293 e. The van der Waals surface area contributed by atoms with Crippen LogP contribution in [0.25, 0.3) is 0 Å². The second kappa shape index (κ2) is 6.80. The Morgan fingerprint density at radius 3 is 2.18 bits per heavy atom. The van der Waals surface area contributed by atoms with E-state index in [0.717, 1.165) is 19.3 Å². The lowest BCUT2D eigenvalue weighted by atomic mass is 9.90. The summed E-state index contributed by atoms with van der Waals surface area (Å²) in [5.74, 6) is -0.448. The van der Waals surface area contributed by atoms with Crippen molar-refractivity contribution in [2.75, 3.05) is 0 Å². The van der Waals surface area contributed by atoms with Gasteiger partial charge in [0.05, 0.1) is 0 Å². The fraction of sp³-hybridized carbons (Fsp3) is 0.786. The number of carbonyl (C=O) groups is 1. The molecule has 0 saturated carbocycles. The number of allylic oxidation sites excluding steroid dienone is 1. The maximum absolute atomic E-state index is 11.2. The van der Waals surface area contributed by atoms with Crippen LogP contribution in [0.15, 0.2) is 12.2 Å². The third-order valence-electron chi connectivity index (χ3n) is 1.93. The van der Waals surface area contributed by atoms with Crippen LogP contribution in [-0.4, -0.2) is 11.6 Å². The first-order valence-electron chi connectivity index (χ1n) is 6.16. The van der Waals surface area contributed by atoms with E-state index in [4.69, 9.17) is 4.89 Å². The van der Waals surface area contributed by atoms with Crippen molar-refractivity contribution in [1.29, 1.82) is 0 Å². The summed E-state index contributed by atoms with van der Waals surface area (Å²) >= 11 is 0. The van der Waals surface area contributed by atoms with Crippen molar-refractivity contribution in [2.45, 2.75) is 66.4 Å². The third-order valence-corrected chi connectivity index (χ3v) is 1.93. The van der Waals surface area contributed by atoms with E-state index in [2.05, 4.69) is 25.7 Å². The quantitative estimate of drug-likeness (QED) is 0.316. The number of rotatable bonds is 5. The van der Waals surface area contributed by atoms with Crippen molar-refractivity contribution in [2.24, 2.45) is 5.41 Å². The van der Waals surface area contributed by atoms with Crippen LogP contribution in [0, 0.1) is 5.41 Å². The summed E-state index contributed by atoms with van der Waals surface area (Å²) < 4.78 is 0. The fourth-order valence-electron chi connectivity index (χ4n) is 1.12. The van der Waals surface area contributed by atoms with E-state index in [1.54, 1.807) is 0 Å². The fourth-order valence-corrected chi connectivity index (χ4v) is 1.12. The standard InChI is InChI=1S/C14H26O3/c1-13(2,3)11-9-7-8-10-12(15)16-17-14(4,5)6/h8,10H,7,9,11H2,1-6H3. The molecule has 0 spiro atoms. The minimum Gasteiger partial charge on any atom is -0.293 e. The maximum atomic E-state index is 11.2. The molecule has 17 heavy (non-hydrogen) atoms. The second-order valence-electron chi connectivity index (χ2n) is 6.45. The van der Waals surface area contributed by atoms with Crippen LogP contribution in [0.1, 0.15) is 60.8 Å². The molecule has 0 fully saturated rings. The Hall–Kier alpha value is -0.830. The van der Waals surface area contributed by atoms with Gasteiger partial charge in [-0.2, -0.15) is 4.89 Å². The Labute approximate surface area is 105 Å². The van der Waals surface area contributed by atoms with Crippen LogP contribution in [0.3, 0.4) is 0 Å². The van der Waals surface area contributed by atoms with Crippen LogP contribution in [0.4, 0.5) is 0 Å². The van der Waals surface area contributed by atoms with Crippen molar-refractivity contribution in [1.82, 2.24) is 0 Å². The molecule has 3 heteroatoms. The van der Waals surface area contributed by atoms with E-state index in [-0.39, 0.29) is 0 Å². The SMILES string of the molecule is CC(C)(C)CCCC=CC(=O)OOC(C)(C)C. The highest BCUT2D eigenvalue weighted by Crippen LogP contribution is 2.21. The molecule has 0 heterocycles. The van der Waals surface area contributed by atoms with Crippen LogP contribution in [-0.2, 0) is 14.6 Å². The molecule has 0 aliphatic heterocycles. The lowest BCUT2D eigenvalue weighted by Gasteiger charge is -2.16. The minimum absolute atomic E-state index is 0.351. The molecule has 0 bridgehead atoms. The monoisotopic (exact) mass is 242 g/mol. The van der Waals surface area contributed by atoms with Gasteiger partial charge in [0.15, 0.2) is 0 Å². The summed E-state index contributed by atoms with van der Waals surface area (Å²) in [5, 5.41) is 0. The molecule has 0 atom stereocenters. The van der Waals surface area contributed by atoms with Gasteiger partial charge in [0.1, 0.15) is 5.60 Å². The maximum Gasteiger partial charge on any atom is 0.365 e. The molecule has 3 nitrogen and oxygen atoms in total. The normalized spacial score (nSPS) is 13.1. The van der Waals surface area contributed by atoms with Gasteiger partial charge in [-0.05, 0) is 45.4 Å². The molecule has 100 valence electrons. The minimum atomic E-state index is -0.463. The van der Waals surface area contributed by atoms with Gasteiger partial charge in [-0.25, -0.2) is 4.79 Å². The third kappa shape index (κ3) is 13.1. The molecular weight excluding hydrogens is 216 g/mol. The number of hydrogen-bond acceptors (Lipinski definition) is 3. The van der Waals surface area contributed by atoms with Gasteiger partial charge in [0.2, 0.25) is 0 Å². The number of unbranched alkanes of at least 4 members (excludes halogenated alkanes) is 1. The van der Waals surface area contributed by atoms with Gasteiger partial charge < -0.3 is 0 Å². The van der Waals surface area contributed by atoms with Crippen molar-refractivity contribution in [3.63, 3.8) is 0 Å². The summed E-state index contributed by atoms with van der Waals surface area (Å²) in [6.45, 7) is 12.1. The van der Waals surface area contributed by atoms with Crippen LogP contribution in [0.2, 0.25) is 0 Å². The van der Waals surface area contributed by atoms with E-state index >= 15 is 0 Å². The first-order valence-corrected chi connectivity index (χ1v) is 6.16. The predicted octanol–water partition coefficient (Wildman–Crippen LogP) is 4.03. The first-order chi connectivity index (χ1) is 7.60. The zero-order valence-electron chi connectivity index (χ0n) is 12.0. The van der Waals surface area contributed by atoms with Crippen LogP contribution >= 0.6 is 0 Å². The zero-order chi connectivity index (χ0) is 13.5. The van der Waals surface area contributed by atoms with Gasteiger partial charge in [0.25, 0.3) is 0 Å². The molecule has 0 rings (SSSR count). The number of hydrogen-bond donors (Lipinski definition) is 0. The molecular formula is C14H26O3. The van der Waals surface area contributed by atoms with Crippen molar-refractivity contribution >= 4 is 5.97 Å². The molecule has 0 N–H and O–H groups in total. The summed E-state index contributed by atoms with van der Waals surface area (Å²) in [5.41, 5.74) is -0.112. The molecule has 0 aromatic rings. The van der Waals surface area contributed by atoms with Crippen molar-refractivity contribution in [3.8, 4) is 0 Å². The predicted molar refractivity (Wildman–Crippen MR) is 69.4 cm³/mol. The Morgan fingerprint density at radius 1 is 1.12 bits per heavy atom. The first kappa shape index (κ1) is 16.2. The molecule has 0 radical (unpaired) electrons. The lowest BCUT2D eigenvalue weighted by Crippen LogP contribution is -2.21. The van der Waals surface area contributed by atoms with E-state index < -0.39 is 11.6 Å². The topological polar surface area (TPSA) is 35.5 Å². The molecule has 0 aromatic carbocycles. The Balaban J connectivity index is 3.68. The molecule has 0 amide bonds. The molecule has 0 aromatic heterocycles. The Morgan fingerprint density at radius 2 is 1.71 bits per heavy atom. The highest BCUT2D eigenvalue weighted by molar-refractivity contribution is 5.81. The molecule has 0 saturated heterocycles. The highest BCUT2D eigenvalue weighted by atomic mass is 17.2. The largest absolute Gasteiger partial charge is 0.365 e. The summed E-state index contributed by atoms with van der Waals surface area (Å²) in [6.07, 6.45) is 6.37. The van der Waals surface area contributed by atoms with Gasteiger partial charge in [-0.15, -0.1) is 0 Å². The van der Waals surface area contributed by atoms with Crippen molar-refractivity contribution in [3.05, 3.63) is 12.2 Å². The summed E-state index contributed by atoms with van der Waals surface area (Å²) in [7, 11) is 0. The Bertz CT molecular complexity index is 254. The van der Waals surface area contributed by atoms with E-state index in [1.165, 1.54) is 6.08 Å². The van der Waals surface area contributed by atoms with Crippen LogP contribution < -0.4 is 0 Å². The van der Waals surface area contributed by atoms with E-state index in [0.29, 0.717) is 5.41 Å². The van der Waals surface area contributed by atoms with Gasteiger partial charge in [-0.3, -0.25) is 4.89 Å². The van der Waals surface area contributed by atoms with Crippen molar-refractivity contribution < 1.29 is 14.6 Å². The van der Waals surface area contributed by atoms with Gasteiger partial charge in [0, 0.05) is 6.08 Å². The Kier molecular flexibility index (Phi) is 6.46. The van der Waals surface area contributed by atoms with Crippen LogP contribution in [0.5, 0.6) is 0 Å². The molecule has 0 aliphatic rings. The average molecular weight is 242 g/mol. The van der Waals surface area contributed by atoms with Gasteiger partial charge in [-0.1, -0.05) is 26.8 Å². The summed E-state index contributed by atoms with van der Waals surface area (Å²) in [4.78, 5) is 20.7. The second-order valence-corrected chi connectivity index (χ2v) is 6.45. The molecule has 0 unspecified atom stereocenters. The van der Waals surface area contributed by atoms with E-state index in [9.17, 15) is 4.79 Å². The number of carbonyl (C=O) groups excluding carboxylic acids is 1. The molecule has 0 aliphatic carbocycles. The summed E-state index contributed by atoms with van der Waals surface area (Å²) in [6, 6.07) is 0. The zero-order valence-corrected chi connectivity index (χ0v) is 12.0. The lowest BCUT2D eigenvalue weighted by molar-refractivity contribution is -0.316. The average Bonchev–Trinajstić information content (AvgIpc) is 2.11.